The molecular weight excluding hydrogens is 165 g/mol. The van der Waals surface area contributed by atoms with Gasteiger partial charge in [0, 0.05) is 6.10 Å². The number of alkyl halides is 3. The van der Waals surface area contributed by atoms with Crippen molar-refractivity contribution in [3.05, 3.63) is 0 Å². The summed E-state index contributed by atoms with van der Waals surface area (Å²) in [6, 6.07) is 0. The predicted molar refractivity (Wildman–Crippen MR) is 31.0 cm³/mol. The van der Waals surface area contributed by atoms with Gasteiger partial charge in [0.2, 0.25) is 0 Å². The van der Waals surface area contributed by atoms with Crippen molar-refractivity contribution in [1.82, 2.24) is 0 Å². The Morgan fingerprint density at radius 2 is 1.45 bits per heavy atom. The zero-order valence-corrected chi connectivity index (χ0v) is 6.01. The molecule has 0 unspecified atom stereocenters. The second-order valence-electron chi connectivity index (χ2n) is 1.90. The predicted octanol–water partition coefficient (Wildman–Crippen LogP) is 1.02. The van der Waals surface area contributed by atoms with E-state index in [4.69, 9.17) is 15.0 Å². The fourth-order valence-corrected chi connectivity index (χ4v) is 0. The van der Waals surface area contributed by atoms with Gasteiger partial charge in [0.15, 0.2) is 0 Å². The Bertz CT molecular complexity index is 116. The first-order valence-corrected chi connectivity index (χ1v) is 2.66. The largest absolute Gasteiger partial charge is 0.490 e. The molecule has 0 spiro atoms. The molecule has 3 nitrogen and oxygen atoms in total. The van der Waals surface area contributed by atoms with Crippen molar-refractivity contribution in [1.29, 1.82) is 0 Å². The highest BCUT2D eigenvalue weighted by atomic mass is 19.4. The Labute approximate surface area is 61.5 Å². The van der Waals surface area contributed by atoms with E-state index in [1.54, 1.807) is 13.8 Å². The van der Waals surface area contributed by atoms with Gasteiger partial charge in [-0.1, -0.05) is 0 Å². The van der Waals surface area contributed by atoms with Crippen LogP contribution in [0.25, 0.3) is 0 Å². The highest BCUT2D eigenvalue weighted by Gasteiger charge is 2.38. The molecule has 0 radical (unpaired) electrons. The maximum atomic E-state index is 10.6. The quantitative estimate of drug-likeness (QED) is 0.576. The minimum atomic E-state index is -5.08. The Hall–Kier alpha value is -0.780. The molecule has 0 bridgehead atoms. The Morgan fingerprint density at radius 3 is 1.45 bits per heavy atom. The van der Waals surface area contributed by atoms with Crippen LogP contribution in [0.5, 0.6) is 0 Å². The number of carbonyl (C=O) groups is 1. The lowest BCUT2D eigenvalue weighted by Crippen LogP contribution is -2.21. The summed E-state index contributed by atoms with van der Waals surface area (Å²) >= 11 is 0. The SMILES string of the molecule is CC(C)O.O=C(O)C(F)(F)F. The second-order valence-corrected chi connectivity index (χ2v) is 1.90. The van der Waals surface area contributed by atoms with E-state index >= 15 is 0 Å². The molecule has 68 valence electrons. The van der Waals surface area contributed by atoms with Crippen molar-refractivity contribution >= 4 is 5.97 Å². The van der Waals surface area contributed by atoms with Crippen LogP contribution in [0.15, 0.2) is 0 Å². The number of aliphatic carboxylic acids is 1. The molecule has 0 saturated carbocycles. The molecule has 2 N–H and O–H groups in total. The van der Waals surface area contributed by atoms with Crippen molar-refractivity contribution in [2.75, 3.05) is 0 Å². The van der Waals surface area contributed by atoms with E-state index in [1.165, 1.54) is 0 Å². The molecule has 0 aliphatic rings. The van der Waals surface area contributed by atoms with Crippen LogP contribution in [0.1, 0.15) is 13.8 Å². The highest BCUT2D eigenvalue weighted by molar-refractivity contribution is 5.73. The molecule has 0 aromatic rings. The molecule has 0 rings (SSSR count). The zero-order chi connectivity index (χ0) is 9.65. The first-order chi connectivity index (χ1) is 4.68. The molecule has 11 heavy (non-hydrogen) atoms. The van der Waals surface area contributed by atoms with Gasteiger partial charge in [-0.05, 0) is 13.8 Å². The van der Waals surface area contributed by atoms with Crippen LogP contribution in [0.2, 0.25) is 0 Å². The number of halogens is 3. The van der Waals surface area contributed by atoms with Gasteiger partial charge < -0.3 is 10.2 Å². The number of hydrogen-bond donors (Lipinski definition) is 2. The molecule has 6 heteroatoms. The Balaban J connectivity index is 0. The lowest BCUT2D eigenvalue weighted by atomic mass is 10.5. The number of hydrogen-bond acceptors (Lipinski definition) is 2. The van der Waals surface area contributed by atoms with Crippen LogP contribution in [0, 0.1) is 0 Å². The molecule has 0 aromatic heterocycles. The number of carboxylic acids is 1. The number of carboxylic acid groups (broad SMARTS) is 1. The Morgan fingerprint density at radius 1 is 1.36 bits per heavy atom. The third-order valence-corrected chi connectivity index (χ3v) is 0.243. The summed E-state index contributed by atoms with van der Waals surface area (Å²) < 4.78 is 31.7. The molecule has 0 aliphatic heterocycles. The maximum Gasteiger partial charge on any atom is 0.490 e. The third kappa shape index (κ3) is 17.6. The van der Waals surface area contributed by atoms with Crippen molar-refractivity contribution in [3.63, 3.8) is 0 Å². The normalized spacial score (nSPS) is 10.5. The summed E-state index contributed by atoms with van der Waals surface area (Å²) in [6.07, 6.45) is -5.25. The van der Waals surface area contributed by atoms with E-state index in [0.717, 1.165) is 0 Å². The van der Waals surface area contributed by atoms with Crippen LogP contribution in [-0.2, 0) is 4.79 Å². The molecule has 0 heterocycles. The van der Waals surface area contributed by atoms with E-state index in [1.807, 2.05) is 0 Å². The average molecular weight is 174 g/mol. The van der Waals surface area contributed by atoms with E-state index in [2.05, 4.69) is 0 Å². The zero-order valence-electron chi connectivity index (χ0n) is 6.01. The standard InChI is InChI=1S/C3H8O.C2HF3O2/c1-3(2)4;3-2(4,5)1(6)7/h3-4H,1-2H3;(H,6,7). The monoisotopic (exact) mass is 174 g/mol. The lowest BCUT2D eigenvalue weighted by molar-refractivity contribution is -0.192. The summed E-state index contributed by atoms with van der Waals surface area (Å²) in [7, 11) is 0. The van der Waals surface area contributed by atoms with E-state index in [9.17, 15) is 13.2 Å². The molecule has 0 atom stereocenters. The number of aliphatic hydroxyl groups is 1. The van der Waals surface area contributed by atoms with Gasteiger partial charge in [-0.2, -0.15) is 13.2 Å². The molecule has 0 amide bonds. The third-order valence-electron chi connectivity index (χ3n) is 0.243. The first kappa shape index (κ1) is 12.9. The fourth-order valence-electron chi connectivity index (χ4n) is 0. The minimum absolute atomic E-state index is 0.167. The molecule has 0 fully saturated rings. The summed E-state index contributed by atoms with van der Waals surface area (Å²) in [6.45, 7) is 3.44. The van der Waals surface area contributed by atoms with Gasteiger partial charge in [0.1, 0.15) is 0 Å². The molecule has 0 saturated heterocycles. The fraction of sp³-hybridized carbons (Fsp3) is 0.800. The van der Waals surface area contributed by atoms with Crippen LogP contribution in [0.4, 0.5) is 13.2 Å². The second kappa shape index (κ2) is 4.95. The lowest BCUT2D eigenvalue weighted by Gasteiger charge is -1.93. The van der Waals surface area contributed by atoms with Gasteiger partial charge in [-0.3, -0.25) is 0 Å². The van der Waals surface area contributed by atoms with Gasteiger partial charge in [0.25, 0.3) is 0 Å². The summed E-state index contributed by atoms with van der Waals surface area (Å²) in [5, 5.41) is 15.2. The highest BCUT2D eigenvalue weighted by Crippen LogP contribution is 2.13. The summed E-state index contributed by atoms with van der Waals surface area (Å²) in [5.74, 6) is -2.76. The van der Waals surface area contributed by atoms with Crippen molar-refractivity contribution in [2.24, 2.45) is 0 Å². The van der Waals surface area contributed by atoms with Gasteiger partial charge in [0.05, 0.1) is 0 Å². The van der Waals surface area contributed by atoms with Gasteiger partial charge in [-0.25, -0.2) is 4.79 Å². The first-order valence-electron chi connectivity index (χ1n) is 2.66. The topological polar surface area (TPSA) is 57.5 Å². The van der Waals surface area contributed by atoms with Crippen molar-refractivity contribution in [3.8, 4) is 0 Å². The van der Waals surface area contributed by atoms with Gasteiger partial charge >= 0.3 is 12.1 Å². The number of rotatable bonds is 0. The summed E-state index contributed by atoms with van der Waals surface area (Å²) in [5.41, 5.74) is 0. The van der Waals surface area contributed by atoms with Crippen LogP contribution < -0.4 is 0 Å². The average Bonchev–Trinajstić information content (AvgIpc) is 1.59. The van der Waals surface area contributed by atoms with Crippen LogP contribution >= 0.6 is 0 Å². The maximum absolute atomic E-state index is 10.6. The van der Waals surface area contributed by atoms with Crippen molar-refractivity contribution < 1.29 is 28.2 Å². The van der Waals surface area contributed by atoms with E-state index in [0.29, 0.717) is 0 Å². The molecule has 0 aliphatic carbocycles. The minimum Gasteiger partial charge on any atom is -0.475 e. The van der Waals surface area contributed by atoms with Crippen molar-refractivity contribution in [2.45, 2.75) is 26.1 Å². The molecule has 0 aromatic carbocycles. The van der Waals surface area contributed by atoms with E-state index < -0.39 is 12.1 Å². The summed E-state index contributed by atoms with van der Waals surface area (Å²) in [4.78, 5) is 8.90. The smallest absolute Gasteiger partial charge is 0.475 e. The number of aliphatic hydroxyl groups excluding tert-OH is 1. The van der Waals surface area contributed by atoms with E-state index in [-0.39, 0.29) is 6.10 Å². The molecular formula is C5H9F3O3. The van der Waals surface area contributed by atoms with Crippen LogP contribution in [0.3, 0.4) is 0 Å². The van der Waals surface area contributed by atoms with Gasteiger partial charge in [-0.15, -0.1) is 0 Å². The Kier molecular flexibility index (Phi) is 5.78. The van der Waals surface area contributed by atoms with Crippen LogP contribution in [-0.4, -0.2) is 28.5 Å².